The minimum atomic E-state index is -4.34. The van der Waals surface area contributed by atoms with Crippen molar-refractivity contribution in [2.75, 3.05) is 6.54 Å². The molecule has 0 saturated heterocycles. The molecule has 2 aromatic carbocycles. The van der Waals surface area contributed by atoms with Crippen LogP contribution in [0.25, 0.3) is 0 Å². The predicted molar refractivity (Wildman–Crippen MR) is 90.4 cm³/mol. The number of halogens is 4. The molecule has 1 nitrogen and oxygen atoms in total. The van der Waals surface area contributed by atoms with Crippen LogP contribution in [-0.4, -0.2) is 6.54 Å². The van der Waals surface area contributed by atoms with E-state index in [1.54, 1.807) is 0 Å². The van der Waals surface area contributed by atoms with E-state index in [0.29, 0.717) is 23.0 Å². The summed E-state index contributed by atoms with van der Waals surface area (Å²) in [6.07, 6.45) is -3.63. The average molecular weight is 386 g/mol. The lowest BCUT2D eigenvalue weighted by molar-refractivity contribution is -0.137. The Morgan fingerprint density at radius 3 is 2.30 bits per heavy atom. The molecule has 0 radical (unpaired) electrons. The second-order valence-corrected chi connectivity index (χ2v) is 6.47. The van der Waals surface area contributed by atoms with Crippen molar-refractivity contribution in [3.63, 3.8) is 0 Å². The van der Waals surface area contributed by atoms with E-state index in [4.69, 9.17) is 5.73 Å². The lowest BCUT2D eigenvalue weighted by Gasteiger charge is -2.26. The molecule has 0 spiro atoms. The largest absolute Gasteiger partial charge is 0.416 e. The van der Waals surface area contributed by atoms with Crippen LogP contribution in [0.2, 0.25) is 0 Å². The molecular formula is C18H19BrF3N. The molecule has 124 valence electrons. The highest BCUT2D eigenvalue weighted by atomic mass is 79.9. The number of hydrogen-bond donors (Lipinski definition) is 1. The number of benzene rings is 2. The van der Waals surface area contributed by atoms with Crippen molar-refractivity contribution in [1.82, 2.24) is 0 Å². The molecule has 0 aromatic heterocycles. The number of alkyl halides is 3. The Labute approximate surface area is 142 Å². The fraction of sp³-hybridized carbons (Fsp3) is 0.333. The molecule has 2 unspecified atom stereocenters. The Kier molecular flexibility index (Phi) is 5.87. The minimum Gasteiger partial charge on any atom is -0.330 e. The predicted octanol–water partition coefficient (Wildman–Crippen LogP) is 5.70. The van der Waals surface area contributed by atoms with E-state index in [1.165, 1.54) is 12.1 Å². The third kappa shape index (κ3) is 4.36. The third-order valence-electron chi connectivity index (χ3n) is 4.12. The summed E-state index contributed by atoms with van der Waals surface area (Å²) in [5, 5.41) is 0. The maximum absolute atomic E-state index is 13.0. The van der Waals surface area contributed by atoms with Crippen molar-refractivity contribution in [2.45, 2.75) is 31.4 Å². The molecule has 0 aliphatic rings. The van der Waals surface area contributed by atoms with Gasteiger partial charge >= 0.3 is 6.18 Å². The van der Waals surface area contributed by atoms with Gasteiger partial charge < -0.3 is 5.73 Å². The smallest absolute Gasteiger partial charge is 0.330 e. The molecule has 0 heterocycles. The van der Waals surface area contributed by atoms with Crippen molar-refractivity contribution < 1.29 is 13.2 Å². The van der Waals surface area contributed by atoms with Gasteiger partial charge in [-0.1, -0.05) is 53.2 Å². The first-order chi connectivity index (χ1) is 10.8. The van der Waals surface area contributed by atoms with Crippen LogP contribution in [0, 0.1) is 0 Å². The van der Waals surface area contributed by atoms with Crippen LogP contribution >= 0.6 is 15.9 Å². The summed E-state index contributed by atoms with van der Waals surface area (Å²) in [4.78, 5) is 0. The Bertz CT molecular complexity index is 640. The van der Waals surface area contributed by atoms with Crippen LogP contribution in [0.1, 0.15) is 41.9 Å². The van der Waals surface area contributed by atoms with Crippen LogP contribution in [0.3, 0.4) is 0 Å². The first-order valence-corrected chi connectivity index (χ1v) is 8.25. The first-order valence-electron chi connectivity index (χ1n) is 7.46. The zero-order valence-corrected chi connectivity index (χ0v) is 14.4. The second-order valence-electron chi connectivity index (χ2n) is 5.62. The van der Waals surface area contributed by atoms with E-state index < -0.39 is 11.7 Å². The standard InChI is InChI=1S/C18H19BrF3N/c1-12(15(9-10-23)13-5-3-2-4-6-13)16-11-14(18(20,21)22)7-8-17(16)19/h2-8,11-12,15H,9-10,23H2,1H3. The Balaban J connectivity index is 2.42. The first kappa shape index (κ1) is 18.0. The summed E-state index contributed by atoms with van der Waals surface area (Å²) in [6.45, 7) is 2.44. The van der Waals surface area contributed by atoms with E-state index in [0.717, 1.165) is 11.6 Å². The molecular weight excluding hydrogens is 367 g/mol. The molecule has 0 amide bonds. The molecule has 2 aromatic rings. The van der Waals surface area contributed by atoms with E-state index >= 15 is 0 Å². The van der Waals surface area contributed by atoms with Crippen molar-refractivity contribution in [3.8, 4) is 0 Å². The molecule has 0 aliphatic heterocycles. The fourth-order valence-corrected chi connectivity index (χ4v) is 3.48. The average Bonchev–Trinajstić information content (AvgIpc) is 2.52. The van der Waals surface area contributed by atoms with E-state index in [9.17, 15) is 13.2 Å². The maximum atomic E-state index is 13.0. The molecule has 2 N–H and O–H groups in total. The van der Waals surface area contributed by atoms with Crippen LogP contribution in [0.4, 0.5) is 13.2 Å². The SMILES string of the molecule is CC(c1cc(C(F)(F)F)ccc1Br)C(CCN)c1ccccc1. The van der Waals surface area contributed by atoms with Crippen LogP contribution in [0.5, 0.6) is 0 Å². The lowest BCUT2D eigenvalue weighted by Crippen LogP contribution is -2.15. The van der Waals surface area contributed by atoms with Gasteiger partial charge in [-0.3, -0.25) is 0 Å². The van der Waals surface area contributed by atoms with Gasteiger partial charge in [0.05, 0.1) is 5.56 Å². The normalized spacial score (nSPS) is 14.5. The highest BCUT2D eigenvalue weighted by Crippen LogP contribution is 2.40. The zero-order valence-electron chi connectivity index (χ0n) is 12.8. The van der Waals surface area contributed by atoms with Gasteiger partial charge in [0.1, 0.15) is 0 Å². The van der Waals surface area contributed by atoms with Crippen LogP contribution < -0.4 is 5.73 Å². The summed E-state index contributed by atoms with van der Waals surface area (Å²) >= 11 is 3.39. The second kappa shape index (κ2) is 7.49. The van der Waals surface area contributed by atoms with E-state index in [-0.39, 0.29) is 11.8 Å². The molecule has 2 atom stereocenters. The van der Waals surface area contributed by atoms with Gasteiger partial charge in [0.2, 0.25) is 0 Å². The van der Waals surface area contributed by atoms with Crippen molar-refractivity contribution >= 4 is 15.9 Å². The number of hydrogen-bond acceptors (Lipinski definition) is 1. The van der Waals surface area contributed by atoms with Crippen LogP contribution in [-0.2, 0) is 6.18 Å². The molecule has 23 heavy (non-hydrogen) atoms. The summed E-state index contributed by atoms with van der Waals surface area (Å²) in [5.41, 5.74) is 6.85. The highest BCUT2D eigenvalue weighted by molar-refractivity contribution is 9.10. The zero-order chi connectivity index (χ0) is 17.0. The van der Waals surface area contributed by atoms with Crippen LogP contribution in [0.15, 0.2) is 53.0 Å². The van der Waals surface area contributed by atoms with Gasteiger partial charge in [-0.2, -0.15) is 13.2 Å². The van der Waals surface area contributed by atoms with Gasteiger partial charge in [-0.25, -0.2) is 0 Å². The van der Waals surface area contributed by atoms with E-state index in [1.807, 2.05) is 37.3 Å². The molecule has 2 rings (SSSR count). The summed E-state index contributed by atoms with van der Waals surface area (Å²) in [5.74, 6) is -0.0152. The molecule has 0 fully saturated rings. The maximum Gasteiger partial charge on any atom is 0.416 e. The number of nitrogens with two attached hydrogens (primary N) is 1. The summed E-state index contributed by atoms with van der Waals surface area (Å²) in [7, 11) is 0. The molecule has 0 aliphatic carbocycles. The quantitative estimate of drug-likeness (QED) is 0.701. The Morgan fingerprint density at radius 2 is 1.74 bits per heavy atom. The van der Waals surface area contributed by atoms with Gasteiger partial charge in [-0.15, -0.1) is 0 Å². The molecule has 0 saturated carbocycles. The van der Waals surface area contributed by atoms with Crippen molar-refractivity contribution in [3.05, 3.63) is 69.7 Å². The monoisotopic (exact) mass is 385 g/mol. The summed E-state index contributed by atoms with van der Waals surface area (Å²) < 4.78 is 39.7. The highest BCUT2D eigenvalue weighted by Gasteiger charge is 2.32. The van der Waals surface area contributed by atoms with Gasteiger partial charge in [0.15, 0.2) is 0 Å². The summed E-state index contributed by atoms with van der Waals surface area (Å²) in [6, 6.07) is 13.6. The Hall–Kier alpha value is -1.33. The number of rotatable bonds is 5. The lowest BCUT2D eigenvalue weighted by atomic mass is 9.80. The third-order valence-corrected chi connectivity index (χ3v) is 4.85. The van der Waals surface area contributed by atoms with Gasteiger partial charge in [0.25, 0.3) is 0 Å². The fourth-order valence-electron chi connectivity index (χ4n) is 2.87. The van der Waals surface area contributed by atoms with Gasteiger partial charge in [0, 0.05) is 4.47 Å². The van der Waals surface area contributed by atoms with Crippen molar-refractivity contribution in [2.24, 2.45) is 5.73 Å². The Morgan fingerprint density at radius 1 is 1.09 bits per heavy atom. The van der Waals surface area contributed by atoms with E-state index in [2.05, 4.69) is 15.9 Å². The van der Waals surface area contributed by atoms with Gasteiger partial charge in [-0.05, 0) is 54.1 Å². The topological polar surface area (TPSA) is 26.0 Å². The molecule has 5 heteroatoms. The van der Waals surface area contributed by atoms with Crippen molar-refractivity contribution in [1.29, 1.82) is 0 Å². The minimum absolute atomic E-state index is 0.0704. The molecule has 0 bridgehead atoms.